The lowest BCUT2D eigenvalue weighted by Crippen LogP contribution is -2.48. The van der Waals surface area contributed by atoms with Crippen molar-refractivity contribution >= 4 is 17.7 Å². The molecule has 0 saturated heterocycles. The SMILES string of the molecule is CCOC(=O)C(C)(CCCSc1nc(C)cc(=O)[nH]1)NC. The second-order valence-electron chi connectivity index (χ2n) is 4.95. The van der Waals surface area contributed by atoms with Crippen LogP contribution >= 0.6 is 11.8 Å². The van der Waals surface area contributed by atoms with Crippen LogP contribution in [0.15, 0.2) is 16.0 Å². The molecule has 0 aliphatic heterocycles. The van der Waals surface area contributed by atoms with Gasteiger partial charge in [-0.15, -0.1) is 0 Å². The van der Waals surface area contributed by atoms with E-state index in [9.17, 15) is 9.59 Å². The lowest BCUT2D eigenvalue weighted by molar-refractivity contribution is -0.150. The molecule has 0 aliphatic carbocycles. The Balaban J connectivity index is 2.48. The molecule has 7 heteroatoms. The van der Waals surface area contributed by atoms with Gasteiger partial charge in [-0.3, -0.25) is 9.59 Å². The number of H-pyrrole nitrogens is 1. The number of nitrogens with zero attached hydrogens (tertiary/aromatic N) is 1. The molecule has 0 bridgehead atoms. The first-order chi connectivity index (χ1) is 9.91. The van der Waals surface area contributed by atoms with E-state index < -0.39 is 5.54 Å². The van der Waals surface area contributed by atoms with E-state index >= 15 is 0 Å². The van der Waals surface area contributed by atoms with E-state index in [2.05, 4.69) is 15.3 Å². The summed E-state index contributed by atoms with van der Waals surface area (Å²) in [5.41, 5.74) is -0.117. The predicted octanol–water partition coefficient (Wildman–Crippen LogP) is 1.49. The van der Waals surface area contributed by atoms with Crippen molar-refractivity contribution in [3.63, 3.8) is 0 Å². The van der Waals surface area contributed by atoms with Gasteiger partial charge in [-0.05, 0) is 40.7 Å². The maximum atomic E-state index is 11.9. The van der Waals surface area contributed by atoms with Crippen LogP contribution in [0, 0.1) is 6.92 Å². The third kappa shape index (κ3) is 5.51. The fourth-order valence-corrected chi connectivity index (χ4v) is 2.70. The van der Waals surface area contributed by atoms with Gasteiger partial charge < -0.3 is 15.0 Å². The lowest BCUT2D eigenvalue weighted by Gasteiger charge is -2.26. The first kappa shape index (κ1) is 17.7. The number of thioether (sulfide) groups is 1. The first-order valence-corrected chi connectivity index (χ1v) is 7.96. The van der Waals surface area contributed by atoms with E-state index in [1.54, 1.807) is 20.9 Å². The van der Waals surface area contributed by atoms with E-state index in [1.165, 1.54) is 17.8 Å². The molecule has 1 aromatic heterocycles. The normalized spacial score (nSPS) is 13.7. The number of rotatable bonds is 8. The van der Waals surface area contributed by atoms with Crippen LogP contribution < -0.4 is 10.9 Å². The standard InChI is InChI=1S/C14H23N3O3S/c1-5-20-12(19)14(3,15-4)7-6-8-21-13-16-10(2)9-11(18)17-13/h9,15H,5-8H2,1-4H3,(H,16,17,18). The summed E-state index contributed by atoms with van der Waals surface area (Å²) >= 11 is 1.48. The molecular formula is C14H23N3O3S. The Hall–Kier alpha value is -1.34. The fraction of sp³-hybridized carbons (Fsp3) is 0.643. The minimum absolute atomic E-state index is 0.142. The summed E-state index contributed by atoms with van der Waals surface area (Å²) in [4.78, 5) is 30.2. The van der Waals surface area contributed by atoms with E-state index in [1.807, 2.05) is 6.92 Å². The summed E-state index contributed by atoms with van der Waals surface area (Å²) < 4.78 is 5.08. The molecule has 0 aliphatic rings. The van der Waals surface area contributed by atoms with Crippen molar-refractivity contribution in [1.82, 2.24) is 15.3 Å². The molecular weight excluding hydrogens is 290 g/mol. The number of aromatic amines is 1. The van der Waals surface area contributed by atoms with Crippen LogP contribution in [0.25, 0.3) is 0 Å². The Morgan fingerprint density at radius 2 is 2.29 bits per heavy atom. The van der Waals surface area contributed by atoms with E-state index in [4.69, 9.17) is 4.74 Å². The molecule has 1 rings (SSSR count). The van der Waals surface area contributed by atoms with Crippen LogP contribution in [0.1, 0.15) is 32.4 Å². The molecule has 1 heterocycles. The maximum Gasteiger partial charge on any atom is 0.326 e. The highest BCUT2D eigenvalue weighted by Crippen LogP contribution is 2.19. The third-order valence-electron chi connectivity index (χ3n) is 3.19. The third-order valence-corrected chi connectivity index (χ3v) is 4.15. The number of aryl methyl sites for hydroxylation is 1. The summed E-state index contributed by atoms with van der Waals surface area (Å²) in [5.74, 6) is 0.530. The van der Waals surface area contributed by atoms with Gasteiger partial charge in [0, 0.05) is 17.5 Å². The van der Waals surface area contributed by atoms with Crippen LogP contribution in [0.2, 0.25) is 0 Å². The highest BCUT2D eigenvalue weighted by atomic mass is 32.2. The Labute approximate surface area is 129 Å². The minimum Gasteiger partial charge on any atom is -0.465 e. The number of nitrogens with one attached hydrogen (secondary N) is 2. The van der Waals surface area contributed by atoms with Crippen molar-refractivity contribution in [3.05, 3.63) is 22.1 Å². The van der Waals surface area contributed by atoms with Gasteiger partial charge in [0.1, 0.15) is 5.54 Å². The highest BCUT2D eigenvalue weighted by molar-refractivity contribution is 7.99. The number of esters is 1. The topological polar surface area (TPSA) is 84.1 Å². The summed E-state index contributed by atoms with van der Waals surface area (Å²) in [6.45, 7) is 5.80. The molecule has 118 valence electrons. The second-order valence-corrected chi connectivity index (χ2v) is 6.03. The summed E-state index contributed by atoms with van der Waals surface area (Å²) in [6.07, 6.45) is 1.46. The largest absolute Gasteiger partial charge is 0.465 e. The van der Waals surface area contributed by atoms with Gasteiger partial charge in [0.25, 0.3) is 5.56 Å². The molecule has 6 nitrogen and oxygen atoms in total. The minimum atomic E-state index is -0.677. The summed E-state index contributed by atoms with van der Waals surface area (Å²) in [6, 6.07) is 1.46. The van der Waals surface area contributed by atoms with Crippen molar-refractivity contribution < 1.29 is 9.53 Å². The average molecular weight is 313 g/mol. The first-order valence-electron chi connectivity index (χ1n) is 6.98. The van der Waals surface area contributed by atoms with Gasteiger partial charge in [-0.2, -0.15) is 0 Å². The van der Waals surface area contributed by atoms with E-state index in [-0.39, 0.29) is 11.5 Å². The van der Waals surface area contributed by atoms with Gasteiger partial charge in [-0.25, -0.2) is 4.98 Å². The van der Waals surface area contributed by atoms with Crippen LogP contribution in [0.5, 0.6) is 0 Å². The molecule has 1 unspecified atom stereocenters. The van der Waals surface area contributed by atoms with Crippen LogP contribution in [-0.2, 0) is 9.53 Å². The second kappa shape index (κ2) is 8.19. The Bertz CT molecular complexity index is 532. The quantitative estimate of drug-likeness (QED) is 0.327. The Morgan fingerprint density at radius 1 is 1.57 bits per heavy atom. The van der Waals surface area contributed by atoms with Gasteiger partial charge in [0.15, 0.2) is 5.16 Å². The van der Waals surface area contributed by atoms with Gasteiger partial charge >= 0.3 is 5.97 Å². The molecule has 21 heavy (non-hydrogen) atoms. The molecule has 1 atom stereocenters. The van der Waals surface area contributed by atoms with Gasteiger partial charge in [0.05, 0.1) is 6.61 Å². The summed E-state index contributed by atoms with van der Waals surface area (Å²) in [7, 11) is 1.75. The Morgan fingerprint density at radius 3 is 2.86 bits per heavy atom. The molecule has 2 N–H and O–H groups in total. The number of aromatic nitrogens is 2. The van der Waals surface area contributed by atoms with E-state index in [0.717, 1.165) is 12.2 Å². The number of hydrogen-bond donors (Lipinski definition) is 2. The molecule has 0 amide bonds. The number of carbonyl (C=O) groups is 1. The zero-order chi connectivity index (χ0) is 15.9. The zero-order valence-electron chi connectivity index (χ0n) is 13.0. The number of ether oxygens (including phenoxy) is 1. The molecule has 0 fully saturated rings. The fourth-order valence-electron chi connectivity index (χ4n) is 1.83. The molecule has 0 radical (unpaired) electrons. The lowest BCUT2D eigenvalue weighted by atomic mass is 9.97. The zero-order valence-corrected chi connectivity index (χ0v) is 13.8. The monoisotopic (exact) mass is 313 g/mol. The summed E-state index contributed by atoms with van der Waals surface area (Å²) in [5, 5.41) is 3.64. The van der Waals surface area contributed by atoms with Gasteiger partial charge in [0.2, 0.25) is 0 Å². The van der Waals surface area contributed by atoms with Crippen LogP contribution in [0.3, 0.4) is 0 Å². The smallest absolute Gasteiger partial charge is 0.326 e. The van der Waals surface area contributed by atoms with Gasteiger partial charge in [-0.1, -0.05) is 11.8 Å². The van der Waals surface area contributed by atoms with Crippen LogP contribution in [-0.4, -0.2) is 40.9 Å². The van der Waals surface area contributed by atoms with Crippen molar-refractivity contribution in [3.8, 4) is 0 Å². The average Bonchev–Trinajstić information content (AvgIpc) is 2.42. The molecule has 0 aromatic carbocycles. The number of hydrogen-bond acceptors (Lipinski definition) is 6. The molecule has 1 aromatic rings. The van der Waals surface area contributed by atoms with Crippen molar-refractivity contribution in [2.24, 2.45) is 0 Å². The Kier molecular flexibility index (Phi) is 6.91. The van der Waals surface area contributed by atoms with E-state index in [0.29, 0.717) is 23.9 Å². The number of carbonyl (C=O) groups excluding carboxylic acids is 1. The highest BCUT2D eigenvalue weighted by Gasteiger charge is 2.32. The van der Waals surface area contributed by atoms with Crippen molar-refractivity contribution in [2.45, 2.75) is 44.3 Å². The van der Waals surface area contributed by atoms with Crippen LogP contribution in [0.4, 0.5) is 0 Å². The molecule has 0 saturated carbocycles. The number of likely N-dealkylation sites (N-methyl/N-ethyl adjacent to an activating group) is 1. The maximum absolute atomic E-state index is 11.9. The molecule has 0 spiro atoms. The predicted molar refractivity (Wildman–Crippen MR) is 83.7 cm³/mol. The van der Waals surface area contributed by atoms with Crippen molar-refractivity contribution in [1.29, 1.82) is 0 Å². The van der Waals surface area contributed by atoms with Crippen molar-refractivity contribution in [2.75, 3.05) is 19.4 Å².